The van der Waals surface area contributed by atoms with Gasteiger partial charge in [-0.3, -0.25) is 0 Å². The molecule has 0 aliphatic carbocycles. The second kappa shape index (κ2) is 1.61. The number of hydrogen-bond acceptors (Lipinski definition) is 2. The van der Waals surface area contributed by atoms with Gasteiger partial charge in [0, 0.05) is 0 Å². The van der Waals surface area contributed by atoms with Crippen molar-refractivity contribution in [1.82, 2.24) is 4.98 Å². The van der Waals surface area contributed by atoms with E-state index in [9.17, 15) is 10.1 Å². The van der Waals surface area contributed by atoms with E-state index >= 15 is 0 Å². The van der Waals surface area contributed by atoms with Gasteiger partial charge in [0.25, 0.3) is 0 Å². The first kappa shape index (κ1) is 4.76. The lowest BCUT2D eigenvalue weighted by atomic mass is 10.8. The Morgan fingerprint density at radius 2 is 2.62 bits per heavy atom. The van der Waals surface area contributed by atoms with Crippen LogP contribution in [0.4, 0.5) is 5.82 Å². The molecule has 5 heteroatoms. The summed E-state index contributed by atoms with van der Waals surface area (Å²) in [5.74, 6) is -0.0231. The third-order valence-corrected chi connectivity index (χ3v) is 0.720. The molecule has 0 radical (unpaired) electrons. The number of hydrogen-bond donors (Lipinski definition) is 1. The van der Waals surface area contributed by atoms with E-state index in [1.54, 1.807) is 0 Å². The van der Waals surface area contributed by atoms with Gasteiger partial charge in [0.15, 0.2) is 6.20 Å². The highest BCUT2D eigenvalue weighted by atomic mass is 16.6. The summed E-state index contributed by atoms with van der Waals surface area (Å²) in [6.07, 6.45) is 2.66. The van der Waals surface area contributed by atoms with Gasteiger partial charge in [-0.25, -0.2) is 9.97 Å². The highest BCUT2D eigenvalue weighted by Crippen LogP contribution is 1.96. The smallest absolute Gasteiger partial charge is 0.358 e. The maximum Gasteiger partial charge on any atom is 0.362 e. The van der Waals surface area contributed by atoms with Crippen molar-refractivity contribution in [1.29, 1.82) is 0 Å². The van der Waals surface area contributed by atoms with E-state index in [0.29, 0.717) is 0 Å². The summed E-state index contributed by atoms with van der Waals surface area (Å²) in [6.45, 7) is 0. The largest absolute Gasteiger partial charge is 0.362 e. The first-order valence-corrected chi connectivity index (χ1v) is 1.99. The SMILES string of the molecule is O=[N+]([O-])c1c[nH+]c[nH]1. The van der Waals surface area contributed by atoms with E-state index in [-0.39, 0.29) is 5.82 Å². The number of aromatic nitrogens is 2. The summed E-state index contributed by atoms with van der Waals surface area (Å²) in [4.78, 5) is 14.2. The van der Waals surface area contributed by atoms with Crippen LogP contribution < -0.4 is 4.98 Å². The Bertz CT molecular complexity index is 180. The Morgan fingerprint density at radius 1 is 1.88 bits per heavy atom. The molecule has 1 aromatic heterocycles. The predicted molar refractivity (Wildman–Crippen MR) is 24.0 cm³/mol. The number of H-pyrrole nitrogens is 2. The average Bonchev–Trinajstić information content (AvgIpc) is 2.12. The van der Waals surface area contributed by atoms with Crippen molar-refractivity contribution in [2.75, 3.05) is 0 Å². The van der Waals surface area contributed by atoms with Crippen molar-refractivity contribution < 1.29 is 9.91 Å². The van der Waals surface area contributed by atoms with Crippen molar-refractivity contribution in [3.8, 4) is 0 Å². The molecule has 0 spiro atoms. The summed E-state index contributed by atoms with van der Waals surface area (Å²) >= 11 is 0. The van der Waals surface area contributed by atoms with Gasteiger partial charge in [-0.15, -0.1) is 0 Å². The van der Waals surface area contributed by atoms with Crippen LogP contribution in [-0.2, 0) is 0 Å². The molecule has 1 rings (SSSR count). The number of imidazole rings is 1. The van der Waals surface area contributed by atoms with E-state index in [1.165, 1.54) is 12.5 Å². The standard InChI is InChI=1S/C3H3N3O2/c7-6(8)3-1-4-2-5-3/h1-2H,(H,4,5)/p+1. The topological polar surface area (TPSA) is 73.1 Å². The van der Waals surface area contributed by atoms with Gasteiger partial charge in [-0.05, 0) is 4.92 Å². The molecule has 0 atom stereocenters. The van der Waals surface area contributed by atoms with E-state index in [0.717, 1.165) is 0 Å². The summed E-state index contributed by atoms with van der Waals surface area (Å²) < 4.78 is 0. The van der Waals surface area contributed by atoms with Crippen molar-refractivity contribution in [2.24, 2.45) is 0 Å². The van der Waals surface area contributed by atoms with E-state index < -0.39 is 4.92 Å². The molecule has 0 aromatic carbocycles. The molecule has 8 heavy (non-hydrogen) atoms. The van der Waals surface area contributed by atoms with E-state index in [2.05, 4.69) is 9.97 Å². The minimum atomic E-state index is -0.503. The van der Waals surface area contributed by atoms with Gasteiger partial charge in [-0.2, -0.15) is 0 Å². The molecular weight excluding hydrogens is 110 g/mol. The van der Waals surface area contributed by atoms with Crippen molar-refractivity contribution in [3.63, 3.8) is 0 Å². The molecule has 0 saturated heterocycles. The number of rotatable bonds is 1. The molecule has 5 nitrogen and oxygen atoms in total. The Labute approximate surface area is 44.5 Å². The summed E-state index contributed by atoms with van der Waals surface area (Å²) in [6, 6.07) is 0. The van der Waals surface area contributed by atoms with Gasteiger partial charge in [0.05, 0.1) is 0 Å². The second-order valence-corrected chi connectivity index (χ2v) is 1.24. The molecule has 0 unspecified atom stereocenters. The first-order chi connectivity index (χ1) is 3.80. The third kappa shape index (κ3) is 0.651. The number of nitrogens with one attached hydrogen (secondary N) is 2. The van der Waals surface area contributed by atoms with Gasteiger partial charge in [0.1, 0.15) is 0 Å². The summed E-state index contributed by atoms with van der Waals surface area (Å²) in [5, 5.41) is 9.82. The molecule has 0 bridgehead atoms. The number of nitrogens with zero attached hydrogens (tertiary/aromatic N) is 1. The van der Waals surface area contributed by atoms with Gasteiger partial charge < -0.3 is 10.1 Å². The lowest BCUT2D eigenvalue weighted by Crippen LogP contribution is -1.90. The molecule has 0 saturated carbocycles. The lowest BCUT2D eigenvalue weighted by Gasteiger charge is -1.82. The highest BCUT2D eigenvalue weighted by molar-refractivity contribution is 5.05. The first-order valence-electron chi connectivity index (χ1n) is 1.99. The Hall–Kier alpha value is -1.39. The van der Waals surface area contributed by atoms with Gasteiger partial charge in [-0.1, -0.05) is 0 Å². The Morgan fingerprint density at radius 3 is 2.88 bits per heavy atom. The average molecular weight is 114 g/mol. The molecule has 0 fully saturated rings. The molecule has 0 aliphatic rings. The summed E-state index contributed by atoms with van der Waals surface area (Å²) in [5.41, 5.74) is 0. The van der Waals surface area contributed by atoms with Crippen LogP contribution in [0.15, 0.2) is 12.5 Å². The minimum absolute atomic E-state index is 0.0231. The van der Waals surface area contributed by atoms with Gasteiger partial charge >= 0.3 is 5.82 Å². The van der Waals surface area contributed by atoms with E-state index in [1.807, 2.05) is 0 Å². The molecule has 42 valence electrons. The van der Waals surface area contributed by atoms with Crippen LogP contribution in [0.3, 0.4) is 0 Å². The fourth-order valence-corrected chi connectivity index (χ4v) is 0.383. The minimum Gasteiger partial charge on any atom is -0.358 e. The maximum absolute atomic E-state index is 9.82. The third-order valence-electron chi connectivity index (χ3n) is 0.720. The number of aromatic amines is 2. The van der Waals surface area contributed by atoms with Crippen molar-refractivity contribution in [2.45, 2.75) is 0 Å². The predicted octanol–water partition coefficient (Wildman–Crippen LogP) is -0.263. The van der Waals surface area contributed by atoms with Crippen LogP contribution in [0.1, 0.15) is 0 Å². The molecule has 1 aromatic rings. The molecule has 0 amide bonds. The second-order valence-electron chi connectivity index (χ2n) is 1.24. The van der Waals surface area contributed by atoms with Crippen LogP contribution in [-0.4, -0.2) is 9.91 Å². The molecule has 1 heterocycles. The van der Waals surface area contributed by atoms with Crippen molar-refractivity contribution in [3.05, 3.63) is 22.6 Å². The number of nitro groups is 1. The highest BCUT2D eigenvalue weighted by Gasteiger charge is 2.01. The zero-order valence-corrected chi connectivity index (χ0v) is 3.92. The lowest BCUT2D eigenvalue weighted by molar-refractivity contribution is -0.408. The normalized spacial score (nSPS) is 9.00. The molecule has 2 N–H and O–H groups in total. The van der Waals surface area contributed by atoms with Crippen LogP contribution in [0.5, 0.6) is 0 Å². The fourth-order valence-electron chi connectivity index (χ4n) is 0.383. The Balaban J connectivity index is 2.93. The zero-order valence-electron chi connectivity index (χ0n) is 3.92. The molecule has 0 aliphatic heterocycles. The van der Waals surface area contributed by atoms with Crippen molar-refractivity contribution >= 4 is 5.82 Å². The molecular formula is C3H4N3O2+. The van der Waals surface area contributed by atoms with Crippen LogP contribution >= 0.6 is 0 Å². The monoisotopic (exact) mass is 114 g/mol. The fraction of sp³-hybridized carbons (Fsp3) is 0. The zero-order chi connectivity index (χ0) is 5.98. The Kier molecular flexibility index (Phi) is 0.957. The van der Waals surface area contributed by atoms with Gasteiger partial charge in [0.2, 0.25) is 6.33 Å². The maximum atomic E-state index is 9.82. The van der Waals surface area contributed by atoms with Crippen LogP contribution in [0, 0.1) is 10.1 Å². The quantitative estimate of drug-likeness (QED) is 0.403. The summed E-state index contributed by atoms with van der Waals surface area (Å²) in [7, 11) is 0. The van der Waals surface area contributed by atoms with E-state index in [4.69, 9.17) is 0 Å². The van der Waals surface area contributed by atoms with Crippen LogP contribution in [0.2, 0.25) is 0 Å². The van der Waals surface area contributed by atoms with Crippen LogP contribution in [0.25, 0.3) is 0 Å².